The van der Waals surface area contributed by atoms with E-state index in [0.717, 1.165) is 11.3 Å². The number of hydrogen-bond acceptors (Lipinski definition) is 5. The van der Waals surface area contributed by atoms with Crippen LogP contribution < -0.4 is 5.32 Å². The van der Waals surface area contributed by atoms with Crippen LogP contribution in [0.2, 0.25) is 0 Å². The summed E-state index contributed by atoms with van der Waals surface area (Å²) in [6.07, 6.45) is -0.264. The van der Waals surface area contributed by atoms with Crippen molar-refractivity contribution in [2.45, 2.75) is 20.0 Å². The van der Waals surface area contributed by atoms with Gasteiger partial charge in [0.2, 0.25) is 0 Å². The second kappa shape index (κ2) is 7.53. The third-order valence-corrected chi connectivity index (χ3v) is 4.21. The highest BCUT2D eigenvalue weighted by Crippen LogP contribution is 2.20. The molecule has 0 fully saturated rings. The largest absolute Gasteiger partial charge is 0.394 e. The molecule has 2 aromatic rings. The Morgan fingerprint density at radius 1 is 1.55 bits per heavy atom. The van der Waals surface area contributed by atoms with Crippen LogP contribution in [-0.4, -0.2) is 40.6 Å². The van der Waals surface area contributed by atoms with Gasteiger partial charge in [0, 0.05) is 19.3 Å². The van der Waals surface area contributed by atoms with Crippen molar-refractivity contribution in [1.82, 2.24) is 15.1 Å². The van der Waals surface area contributed by atoms with Gasteiger partial charge in [-0.2, -0.15) is 16.4 Å². The number of nitrogens with one attached hydrogen (secondary N) is 1. The average Bonchev–Trinajstić information content (AvgIpc) is 3.08. The first-order valence-corrected chi connectivity index (χ1v) is 8.01. The third-order valence-electron chi connectivity index (χ3n) is 3.51. The minimum Gasteiger partial charge on any atom is -0.394 e. The molecule has 0 aliphatic rings. The fourth-order valence-corrected chi connectivity index (χ4v) is 3.00. The molecule has 0 unspecified atom stereocenters. The van der Waals surface area contributed by atoms with Crippen molar-refractivity contribution in [3.63, 3.8) is 0 Å². The zero-order chi connectivity index (χ0) is 16.1. The molecule has 0 aliphatic heterocycles. The Kier molecular flexibility index (Phi) is 5.70. The zero-order valence-electron chi connectivity index (χ0n) is 13.0. The van der Waals surface area contributed by atoms with Crippen LogP contribution in [0.5, 0.6) is 0 Å². The van der Waals surface area contributed by atoms with Gasteiger partial charge >= 0.3 is 0 Å². The predicted molar refractivity (Wildman–Crippen MR) is 85.1 cm³/mol. The number of aromatic nitrogens is 2. The van der Waals surface area contributed by atoms with Crippen molar-refractivity contribution >= 4 is 17.2 Å². The number of amides is 1. The molecule has 0 saturated carbocycles. The standard InChI is InChI=1S/C15H21N3O3S/c1-10-14(11(2)18(3)17-10)15(20)16-8-13(21-6-5-19)12-4-7-22-9-12/h4,7,9,13,19H,5-6,8H2,1-3H3,(H,16,20)/t13-/m1/s1. The molecular formula is C15H21N3O3S. The van der Waals surface area contributed by atoms with E-state index in [4.69, 9.17) is 9.84 Å². The molecule has 0 saturated heterocycles. The van der Waals surface area contributed by atoms with E-state index >= 15 is 0 Å². The van der Waals surface area contributed by atoms with Gasteiger partial charge in [0.25, 0.3) is 5.91 Å². The lowest BCUT2D eigenvalue weighted by Gasteiger charge is -2.17. The van der Waals surface area contributed by atoms with Gasteiger partial charge in [-0.25, -0.2) is 0 Å². The molecule has 1 amide bonds. The van der Waals surface area contributed by atoms with Gasteiger partial charge in [0.05, 0.1) is 24.5 Å². The number of aliphatic hydroxyl groups is 1. The summed E-state index contributed by atoms with van der Waals surface area (Å²) in [6, 6.07) is 1.96. The second-order valence-corrected chi connectivity index (χ2v) is 5.80. The van der Waals surface area contributed by atoms with Crippen LogP contribution in [0.25, 0.3) is 0 Å². The minimum atomic E-state index is -0.264. The van der Waals surface area contributed by atoms with Gasteiger partial charge in [-0.1, -0.05) is 0 Å². The smallest absolute Gasteiger partial charge is 0.255 e. The van der Waals surface area contributed by atoms with E-state index in [1.807, 2.05) is 37.7 Å². The minimum absolute atomic E-state index is 0.0462. The molecule has 0 bridgehead atoms. The van der Waals surface area contributed by atoms with Gasteiger partial charge < -0.3 is 15.2 Å². The number of carbonyl (C=O) groups excluding carboxylic acids is 1. The van der Waals surface area contributed by atoms with Crippen LogP contribution in [0, 0.1) is 13.8 Å². The van der Waals surface area contributed by atoms with Crippen molar-refractivity contribution in [2.24, 2.45) is 7.05 Å². The van der Waals surface area contributed by atoms with Crippen LogP contribution in [0.4, 0.5) is 0 Å². The summed E-state index contributed by atoms with van der Waals surface area (Å²) in [5.41, 5.74) is 3.14. The molecule has 0 aromatic carbocycles. The fourth-order valence-electron chi connectivity index (χ4n) is 2.30. The highest BCUT2D eigenvalue weighted by molar-refractivity contribution is 7.07. The number of rotatable bonds is 7. The maximum atomic E-state index is 12.4. The summed E-state index contributed by atoms with van der Waals surface area (Å²) in [4.78, 5) is 12.4. The van der Waals surface area contributed by atoms with Crippen LogP contribution in [0.15, 0.2) is 16.8 Å². The number of ether oxygens (including phenoxy) is 1. The molecule has 0 radical (unpaired) electrons. The summed E-state index contributed by atoms with van der Waals surface area (Å²) < 4.78 is 7.31. The van der Waals surface area contributed by atoms with Crippen LogP contribution >= 0.6 is 11.3 Å². The van der Waals surface area contributed by atoms with E-state index in [1.165, 1.54) is 0 Å². The third kappa shape index (κ3) is 3.73. The molecule has 1 atom stereocenters. The highest BCUT2D eigenvalue weighted by atomic mass is 32.1. The first-order chi connectivity index (χ1) is 10.5. The first-order valence-electron chi connectivity index (χ1n) is 7.07. The fraction of sp³-hybridized carbons (Fsp3) is 0.467. The maximum Gasteiger partial charge on any atom is 0.255 e. The van der Waals surface area contributed by atoms with Crippen LogP contribution in [0.1, 0.15) is 33.4 Å². The summed E-state index contributed by atoms with van der Waals surface area (Å²) in [5.74, 6) is -0.157. The number of thiophene rings is 1. The Morgan fingerprint density at radius 3 is 2.86 bits per heavy atom. The van der Waals surface area contributed by atoms with Gasteiger partial charge in [-0.15, -0.1) is 0 Å². The first kappa shape index (κ1) is 16.7. The molecular weight excluding hydrogens is 302 g/mol. The van der Waals surface area contributed by atoms with Gasteiger partial charge in [0.15, 0.2) is 0 Å². The lowest BCUT2D eigenvalue weighted by molar-refractivity contribution is 0.0279. The second-order valence-electron chi connectivity index (χ2n) is 5.02. The maximum absolute atomic E-state index is 12.4. The molecule has 2 heterocycles. The van der Waals surface area contributed by atoms with Crippen molar-refractivity contribution in [1.29, 1.82) is 0 Å². The Bertz CT molecular complexity index is 622. The van der Waals surface area contributed by atoms with Gasteiger partial charge in [-0.05, 0) is 36.2 Å². The number of aliphatic hydroxyl groups excluding tert-OH is 1. The zero-order valence-corrected chi connectivity index (χ0v) is 13.8. The van der Waals surface area contributed by atoms with Crippen molar-refractivity contribution in [3.8, 4) is 0 Å². The summed E-state index contributed by atoms with van der Waals surface area (Å²) in [7, 11) is 1.82. The Morgan fingerprint density at radius 2 is 2.32 bits per heavy atom. The molecule has 0 aliphatic carbocycles. The van der Waals surface area contributed by atoms with E-state index in [-0.39, 0.29) is 25.2 Å². The lowest BCUT2D eigenvalue weighted by Crippen LogP contribution is -2.30. The van der Waals surface area contributed by atoms with E-state index in [2.05, 4.69) is 10.4 Å². The lowest BCUT2D eigenvalue weighted by atomic mass is 10.1. The monoisotopic (exact) mass is 323 g/mol. The quantitative estimate of drug-likeness (QED) is 0.811. The number of carbonyl (C=O) groups is 1. The topological polar surface area (TPSA) is 76.4 Å². The average molecular weight is 323 g/mol. The number of nitrogens with zero attached hydrogens (tertiary/aromatic N) is 2. The molecule has 120 valence electrons. The summed E-state index contributed by atoms with van der Waals surface area (Å²) >= 11 is 1.57. The van der Waals surface area contributed by atoms with Crippen molar-refractivity contribution in [2.75, 3.05) is 19.8 Å². The van der Waals surface area contributed by atoms with E-state index < -0.39 is 0 Å². The van der Waals surface area contributed by atoms with E-state index in [9.17, 15) is 4.79 Å². The van der Waals surface area contributed by atoms with E-state index in [0.29, 0.717) is 17.8 Å². The summed E-state index contributed by atoms with van der Waals surface area (Å²) in [6.45, 7) is 4.23. The predicted octanol–water partition coefficient (Wildman–Crippen LogP) is 1.58. The Labute approximate surface area is 133 Å². The highest BCUT2D eigenvalue weighted by Gasteiger charge is 2.19. The molecule has 2 aromatic heterocycles. The molecule has 6 nitrogen and oxygen atoms in total. The van der Waals surface area contributed by atoms with Crippen molar-refractivity contribution < 1.29 is 14.6 Å². The molecule has 2 N–H and O–H groups in total. The van der Waals surface area contributed by atoms with Gasteiger partial charge in [0.1, 0.15) is 6.10 Å². The Hall–Kier alpha value is -1.70. The Balaban J connectivity index is 2.04. The van der Waals surface area contributed by atoms with Crippen LogP contribution in [-0.2, 0) is 11.8 Å². The molecule has 2 rings (SSSR count). The normalized spacial score (nSPS) is 12.4. The van der Waals surface area contributed by atoms with Crippen molar-refractivity contribution in [3.05, 3.63) is 39.3 Å². The number of aryl methyl sites for hydroxylation is 2. The molecule has 7 heteroatoms. The molecule has 22 heavy (non-hydrogen) atoms. The van der Waals surface area contributed by atoms with E-state index in [1.54, 1.807) is 16.0 Å². The number of hydrogen-bond donors (Lipinski definition) is 2. The summed E-state index contributed by atoms with van der Waals surface area (Å²) in [5, 5.41) is 20.0. The van der Waals surface area contributed by atoms with Gasteiger partial charge in [-0.3, -0.25) is 9.48 Å². The SMILES string of the molecule is Cc1nn(C)c(C)c1C(=O)NC[C@@H](OCCO)c1ccsc1. The molecule has 0 spiro atoms. The van der Waals surface area contributed by atoms with Crippen LogP contribution in [0.3, 0.4) is 0 Å².